The minimum absolute atomic E-state index is 0.120. The Morgan fingerprint density at radius 3 is 2.24 bits per heavy atom. The molecule has 0 saturated carbocycles. The fraction of sp³-hybridized carbons (Fsp3) is 0.833. The molecule has 0 aliphatic heterocycles. The maximum absolute atomic E-state index is 11.5. The molecule has 0 rings (SSSR count). The Balaban J connectivity index is 4.07. The molecule has 5 nitrogen and oxygen atoms in total. The SMILES string of the molecule is CCOC(=O)C(CC)NCC(=O)NC(C)(C)C. The van der Waals surface area contributed by atoms with E-state index in [0.29, 0.717) is 13.0 Å². The molecular formula is C12H24N2O3. The average molecular weight is 244 g/mol. The molecule has 0 bridgehead atoms. The third-order valence-corrected chi connectivity index (χ3v) is 2.00. The summed E-state index contributed by atoms with van der Waals surface area (Å²) in [5, 5.41) is 5.71. The zero-order valence-corrected chi connectivity index (χ0v) is 11.4. The number of hydrogen-bond donors (Lipinski definition) is 2. The van der Waals surface area contributed by atoms with Gasteiger partial charge in [0.2, 0.25) is 5.91 Å². The number of rotatable bonds is 6. The fourth-order valence-electron chi connectivity index (χ4n) is 1.32. The van der Waals surface area contributed by atoms with Crippen LogP contribution in [0.2, 0.25) is 0 Å². The lowest BCUT2D eigenvalue weighted by molar-refractivity contribution is -0.145. The van der Waals surface area contributed by atoms with Crippen molar-refractivity contribution in [3.63, 3.8) is 0 Å². The quantitative estimate of drug-likeness (QED) is 0.679. The number of nitrogens with one attached hydrogen (secondary N) is 2. The van der Waals surface area contributed by atoms with E-state index in [1.165, 1.54) is 0 Å². The molecule has 0 spiro atoms. The highest BCUT2D eigenvalue weighted by molar-refractivity contribution is 5.80. The molecule has 1 amide bonds. The molecular weight excluding hydrogens is 220 g/mol. The summed E-state index contributed by atoms with van der Waals surface area (Å²) >= 11 is 0. The molecule has 0 aliphatic rings. The van der Waals surface area contributed by atoms with E-state index in [1.807, 2.05) is 27.7 Å². The predicted octanol–water partition coefficient (Wildman–Crippen LogP) is 0.832. The number of carbonyl (C=O) groups excluding carboxylic acids is 2. The number of amides is 1. The van der Waals surface area contributed by atoms with Crippen molar-refractivity contribution in [3.05, 3.63) is 0 Å². The Morgan fingerprint density at radius 1 is 1.24 bits per heavy atom. The van der Waals surface area contributed by atoms with Gasteiger partial charge in [-0.2, -0.15) is 0 Å². The van der Waals surface area contributed by atoms with E-state index in [4.69, 9.17) is 4.74 Å². The molecule has 0 aliphatic carbocycles. The molecule has 0 aromatic rings. The maximum atomic E-state index is 11.5. The van der Waals surface area contributed by atoms with E-state index in [1.54, 1.807) is 6.92 Å². The Labute approximate surface area is 103 Å². The van der Waals surface area contributed by atoms with Crippen molar-refractivity contribution in [2.75, 3.05) is 13.2 Å². The smallest absolute Gasteiger partial charge is 0.323 e. The van der Waals surface area contributed by atoms with Crippen LogP contribution in [0.4, 0.5) is 0 Å². The number of carbonyl (C=O) groups is 2. The van der Waals surface area contributed by atoms with Crippen LogP contribution in [-0.4, -0.2) is 36.6 Å². The van der Waals surface area contributed by atoms with Gasteiger partial charge >= 0.3 is 5.97 Å². The second-order valence-electron chi connectivity index (χ2n) is 4.89. The second kappa shape index (κ2) is 7.27. The molecule has 17 heavy (non-hydrogen) atoms. The van der Waals surface area contributed by atoms with Gasteiger partial charge in [-0.05, 0) is 34.1 Å². The molecule has 0 radical (unpaired) electrons. The first kappa shape index (κ1) is 15.9. The molecule has 0 heterocycles. The van der Waals surface area contributed by atoms with Gasteiger partial charge in [-0.1, -0.05) is 6.92 Å². The van der Waals surface area contributed by atoms with Gasteiger partial charge in [-0.3, -0.25) is 14.9 Å². The first-order valence-electron chi connectivity index (χ1n) is 6.01. The van der Waals surface area contributed by atoms with E-state index in [9.17, 15) is 9.59 Å². The second-order valence-corrected chi connectivity index (χ2v) is 4.89. The summed E-state index contributed by atoms with van der Waals surface area (Å²) in [6.07, 6.45) is 0.599. The first-order chi connectivity index (χ1) is 7.80. The minimum Gasteiger partial charge on any atom is -0.465 e. The van der Waals surface area contributed by atoms with E-state index < -0.39 is 6.04 Å². The lowest BCUT2D eigenvalue weighted by atomic mass is 10.1. The molecule has 0 saturated heterocycles. The summed E-state index contributed by atoms with van der Waals surface area (Å²) in [5.41, 5.74) is -0.260. The van der Waals surface area contributed by atoms with Crippen LogP contribution < -0.4 is 10.6 Å². The highest BCUT2D eigenvalue weighted by Crippen LogP contribution is 1.98. The normalized spacial score (nSPS) is 13.0. The van der Waals surface area contributed by atoms with Crippen molar-refractivity contribution < 1.29 is 14.3 Å². The molecule has 2 N–H and O–H groups in total. The average Bonchev–Trinajstić information content (AvgIpc) is 2.16. The molecule has 0 fully saturated rings. The van der Waals surface area contributed by atoms with Gasteiger partial charge in [-0.25, -0.2) is 0 Å². The Bertz CT molecular complexity index is 259. The first-order valence-corrected chi connectivity index (χ1v) is 6.01. The van der Waals surface area contributed by atoms with Gasteiger partial charge in [0.15, 0.2) is 0 Å². The van der Waals surface area contributed by atoms with Crippen molar-refractivity contribution in [2.45, 2.75) is 52.6 Å². The van der Waals surface area contributed by atoms with Crippen LogP contribution in [0.15, 0.2) is 0 Å². The van der Waals surface area contributed by atoms with Crippen LogP contribution in [0.25, 0.3) is 0 Å². The molecule has 0 aromatic heterocycles. The van der Waals surface area contributed by atoms with E-state index >= 15 is 0 Å². The van der Waals surface area contributed by atoms with E-state index in [2.05, 4.69) is 10.6 Å². The monoisotopic (exact) mass is 244 g/mol. The third kappa shape index (κ3) is 7.74. The number of esters is 1. The summed E-state index contributed by atoms with van der Waals surface area (Å²) in [4.78, 5) is 23.0. The van der Waals surface area contributed by atoms with Crippen LogP contribution in [0.3, 0.4) is 0 Å². The van der Waals surface area contributed by atoms with Gasteiger partial charge in [0.05, 0.1) is 13.2 Å². The Hall–Kier alpha value is -1.10. The fourth-order valence-corrected chi connectivity index (χ4v) is 1.32. The zero-order valence-electron chi connectivity index (χ0n) is 11.4. The van der Waals surface area contributed by atoms with Gasteiger partial charge in [0, 0.05) is 5.54 Å². The van der Waals surface area contributed by atoms with Crippen molar-refractivity contribution in [3.8, 4) is 0 Å². The molecule has 1 unspecified atom stereocenters. The number of ether oxygens (including phenoxy) is 1. The highest BCUT2D eigenvalue weighted by atomic mass is 16.5. The van der Waals surface area contributed by atoms with Gasteiger partial charge in [0.1, 0.15) is 6.04 Å². The van der Waals surface area contributed by atoms with Crippen LogP contribution in [-0.2, 0) is 14.3 Å². The van der Waals surface area contributed by atoms with Crippen LogP contribution >= 0.6 is 0 Å². The lowest BCUT2D eigenvalue weighted by Gasteiger charge is -2.21. The summed E-state index contributed by atoms with van der Waals surface area (Å²) < 4.78 is 4.89. The van der Waals surface area contributed by atoms with E-state index in [-0.39, 0.29) is 24.0 Å². The van der Waals surface area contributed by atoms with Gasteiger partial charge in [-0.15, -0.1) is 0 Å². The minimum atomic E-state index is -0.416. The summed E-state index contributed by atoms with van der Waals surface area (Å²) in [6, 6.07) is -0.416. The van der Waals surface area contributed by atoms with Crippen molar-refractivity contribution in [2.24, 2.45) is 0 Å². The van der Waals surface area contributed by atoms with Crippen LogP contribution in [0.1, 0.15) is 41.0 Å². The van der Waals surface area contributed by atoms with Crippen LogP contribution in [0.5, 0.6) is 0 Å². The third-order valence-electron chi connectivity index (χ3n) is 2.00. The van der Waals surface area contributed by atoms with Crippen molar-refractivity contribution >= 4 is 11.9 Å². The molecule has 1 atom stereocenters. The topological polar surface area (TPSA) is 67.4 Å². The Kier molecular flexibility index (Phi) is 6.80. The summed E-state index contributed by atoms with van der Waals surface area (Å²) in [5.74, 6) is -0.432. The maximum Gasteiger partial charge on any atom is 0.323 e. The molecule has 0 aromatic carbocycles. The lowest BCUT2D eigenvalue weighted by Crippen LogP contribution is -2.48. The van der Waals surface area contributed by atoms with Crippen molar-refractivity contribution in [1.29, 1.82) is 0 Å². The summed E-state index contributed by atoms with van der Waals surface area (Å²) in [6.45, 7) is 9.83. The van der Waals surface area contributed by atoms with Gasteiger partial charge < -0.3 is 10.1 Å². The predicted molar refractivity (Wildman–Crippen MR) is 66.6 cm³/mol. The van der Waals surface area contributed by atoms with Crippen LogP contribution in [0, 0.1) is 0 Å². The standard InChI is InChI=1S/C12H24N2O3/c1-6-9(11(16)17-7-2)13-8-10(15)14-12(3,4)5/h9,13H,6-8H2,1-5H3,(H,14,15). The number of hydrogen-bond acceptors (Lipinski definition) is 4. The molecule has 100 valence electrons. The Morgan fingerprint density at radius 2 is 1.82 bits per heavy atom. The zero-order chi connectivity index (χ0) is 13.5. The van der Waals surface area contributed by atoms with Crippen molar-refractivity contribution in [1.82, 2.24) is 10.6 Å². The van der Waals surface area contributed by atoms with Gasteiger partial charge in [0.25, 0.3) is 0 Å². The highest BCUT2D eigenvalue weighted by Gasteiger charge is 2.19. The van der Waals surface area contributed by atoms with E-state index in [0.717, 1.165) is 0 Å². The summed E-state index contributed by atoms with van der Waals surface area (Å²) in [7, 11) is 0. The largest absolute Gasteiger partial charge is 0.465 e. The molecule has 5 heteroatoms.